The largest absolute Gasteiger partial charge is 0.338 e. The number of nitrogens with two attached hydrogens (primary N) is 1. The van der Waals surface area contributed by atoms with Crippen LogP contribution in [0.1, 0.15) is 44.6 Å². The van der Waals surface area contributed by atoms with Gasteiger partial charge in [0, 0.05) is 31.0 Å². The Morgan fingerprint density at radius 1 is 1.26 bits per heavy atom. The Balaban J connectivity index is 1.65. The number of rotatable bonds is 7. The Labute approximate surface area is 115 Å². The highest BCUT2D eigenvalue weighted by molar-refractivity contribution is 5.34. The molecule has 1 heterocycles. The van der Waals surface area contributed by atoms with E-state index in [1.165, 1.54) is 25.7 Å². The van der Waals surface area contributed by atoms with Gasteiger partial charge in [-0.3, -0.25) is 0 Å². The van der Waals surface area contributed by atoms with E-state index in [-0.39, 0.29) is 6.04 Å². The zero-order valence-electron chi connectivity index (χ0n) is 11.8. The number of aromatic nitrogens is 2. The van der Waals surface area contributed by atoms with Crippen LogP contribution in [0.3, 0.4) is 0 Å². The molecule has 104 valence electrons. The number of hydrogen-bond donors (Lipinski definition) is 1. The summed E-state index contributed by atoms with van der Waals surface area (Å²) in [6.45, 7) is 3.27. The fraction of sp³-hybridized carbons (Fsp3) is 0.733. The fourth-order valence-electron chi connectivity index (χ4n) is 2.41. The molecule has 4 heteroatoms. The molecule has 2 fully saturated rings. The van der Waals surface area contributed by atoms with Crippen molar-refractivity contribution in [1.82, 2.24) is 9.97 Å². The van der Waals surface area contributed by atoms with E-state index in [0.29, 0.717) is 6.04 Å². The number of hydrogen-bond acceptors (Lipinski definition) is 4. The van der Waals surface area contributed by atoms with Crippen LogP contribution >= 0.6 is 0 Å². The lowest BCUT2D eigenvalue weighted by atomic mass is 10.1. The molecule has 2 saturated carbocycles. The topological polar surface area (TPSA) is 55.0 Å². The van der Waals surface area contributed by atoms with Crippen molar-refractivity contribution in [3.63, 3.8) is 0 Å². The van der Waals surface area contributed by atoms with E-state index in [1.807, 2.05) is 12.4 Å². The van der Waals surface area contributed by atoms with Gasteiger partial charge in [-0.1, -0.05) is 6.92 Å². The third-order valence-corrected chi connectivity index (χ3v) is 4.11. The summed E-state index contributed by atoms with van der Waals surface area (Å²) in [4.78, 5) is 11.6. The predicted molar refractivity (Wildman–Crippen MR) is 77.1 cm³/mol. The Bertz CT molecular complexity index is 409. The first-order chi connectivity index (χ1) is 9.26. The first-order valence-corrected chi connectivity index (χ1v) is 7.59. The average Bonchev–Trinajstić information content (AvgIpc) is 3.28. The highest BCUT2D eigenvalue weighted by atomic mass is 15.3. The summed E-state index contributed by atoms with van der Waals surface area (Å²) in [5.41, 5.74) is 7.12. The third-order valence-electron chi connectivity index (χ3n) is 4.11. The molecule has 19 heavy (non-hydrogen) atoms. The van der Waals surface area contributed by atoms with Gasteiger partial charge < -0.3 is 10.6 Å². The van der Waals surface area contributed by atoms with Crippen LogP contribution in [0, 0.1) is 5.92 Å². The molecule has 1 atom stereocenters. The molecular formula is C15H24N4. The Morgan fingerprint density at radius 2 is 1.95 bits per heavy atom. The second-order valence-corrected chi connectivity index (χ2v) is 6.09. The molecule has 1 aromatic rings. The standard InChI is InChI=1S/C15H24N4/c1-2-13(16)7-12-8-17-15(18-9-12)19(14-5-6-14)10-11-3-4-11/h8-9,11,13-14H,2-7,10,16H2,1H3. The minimum atomic E-state index is 0.223. The molecule has 0 aromatic carbocycles. The van der Waals surface area contributed by atoms with Crippen molar-refractivity contribution in [1.29, 1.82) is 0 Å². The molecule has 0 spiro atoms. The van der Waals surface area contributed by atoms with Crippen molar-refractivity contribution in [2.45, 2.75) is 57.5 Å². The van der Waals surface area contributed by atoms with Crippen LogP contribution in [-0.4, -0.2) is 28.6 Å². The van der Waals surface area contributed by atoms with Crippen LogP contribution in [0.15, 0.2) is 12.4 Å². The molecule has 4 nitrogen and oxygen atoms in total. The molecule has 0 radical (unpaired) electrons. The van der Waals surface area contributed by atoms with Crippen molar-refractivity contribution in [2.75, 3.05) is 11.4 Å². The molecule has 3 rings (SSSR count). The smallest absolute Gasteiger partial charge is 0.225 e. The van der Waals surface area contributed by atoms with Gasteiger partial charge >= 0.3 is 0 Å². The predicted octanol–water partition coefficient (Wildman–Crippen LogP) is 2.14. The lowest BCUT2D eigenvalue weighted by Gasteiger charge is -2.22. The molecule has 2 N–H and O–H groups in total. The lowest BCUT2D eigenvalue weighted by Crippen LogP contribution is -2.30. The van der Waals surface area contributed by atoms with E-state index in [9.17, 15) is 0 Å². The summed E-state index contributed by atoms with van der Waals surface area (Å²) < 4.78 is 0. The van der Waals surface area contributed by atoms with Crippen LogP contribution < -0.4 is 10.6 Å². The molecule has 0 aliphatic heterocycles. The van der Waals surface area contributed by atoms with Gasteiger partial charge in [-0.15, -0.1) is 0 Å². The second kappa shape index (κ2) is 5.45. The van der Waals surface area contributed by atoms with E-state index < -0.39 is 0 Å². The third kappa shape index (κ3) is 3.44. The quantitative estimate of drug-likeness (QED) is 0.816. The van der Waals surface area contributed by atoms with Gasteiger partial charge in [-0.05, 0) is 50.0 Å². The molecule has 0 bridgehead atoms. The van der Waals surface area contributed by atoms with Gasteiger partial charge in [0.1, 0.15) is 0 Å². The minimum Gasteiger partial charge on any atom is -0.338 e. The molecule has 1 aromatic heterocycles. The fourth-order valence-corrected chi connectivity index (χ4v) is 2.41. The Kier molecular flexibility index (Phi) is 3.69. The van der Waals surface area contributed by atoms with Gasteiger partial charge in [-0.25, -0.2) is 9.97 Å². The van der Waals surface area contributed by atoms with Crippen molar-refractivity contribution in [3.05, 3.63) is 18.0 Å². The summed E-state index contributed by atoms with van der Waals surface area (Å²) in [6.07, 6.45) is 11.2. The van der Waals surface area contributed by atoms with Crippen LogP contribution in [0.4, 0.5) is 5.95 Å². The molecule has 2 aliphatic rings. The number of nitrogens with zero attached hydrogens (tertiary/aromatic N) is 3. The van der Waals surface area contributed by atoms with Gasteiger partial charge in [0.15, 0.2) is 0 Å². The van der Waals surface area contributed by atoms with Crippen molar-refractivity contribution < 1.29 is 0 Å². The van der Waals surface area contributed by atoms with Gasteiger partial charge in [-0.2, -0.15) is 0 Å². The molecule has 0 amide bonds. The van der Waals surface area contributed by atoms with Crippen molar-refractivity contribution >= 4 is 5.95 Å². The normalized spacial score (nSPS) is 20.3. The molecule has 2 aliphatic carbocycles. The van der Waals surface area contributed by atoms with Crippen LogP contribution in [0.2, 0.25) is 0 Å². The van der Waals surface area contributed by atoms with E-state index in [0.717, 1.165) is 36.8 Å². The summed E-state index contributed by atoms with van der Waals surface area (Å²) in [5.74, 6) is 1.81. The van der Waals surface area contributed by atoms with Crippen molar-refractivity contribution in [3.8, 4) is 0 Å². The zero-order valence-corrected chi connectivity index (χ0v) is 11.8. The molecule has 1 unspecified atom stereocenters. The summed E-state index contributed by atoms with van der Waals surface area (Å²) in [5, 5.41) is 0. The highest BCUT2D eigenvalue weighted by Gasteiger charge is 2.35. The number of anilines is 1. The lowest BCUT2D eigenvalue weighted by molar-refractivity contribution is 0.641. The monoisotopic (exact) mass is 260 g/mol. The second-order valence-electron chi connectivity index (χ2n) is 6.09. The first kappa shape index (κ1) is 12.9. The maximum atomic E-state index is 5.97. The van der Waals surface area contributed by atoms with Crippen LogP contribution in [0.5, 0.6) is 0 Å². The van der Waals surface area contributed by atoms with Crippen LogP contribution in [-0.2, 0) is 6.42 Å². The van der Waals surface area contributed by atoms with E-state index >= 15 is 0 Å². The minimum absolute atomic E-state index is 0.223. The Hall–Kier alpha value is -1.16. The maximum Gasteiger partial charge on any atom is 0.225 e. The average molecular weight is 260 g/mol. The zero-order chi connectivity index (χ0) is 13.2. The van der Waals surface area contributed by atoms with Gasteiger partial charge in [0.25, 0.3) is 0 Å². The van der Waals surface area contributed by atoms with Crippen LogP contribution in [0.25, 0.3) is 0 Å². The van der Waals surface area contributed by atoms with E-state index in [1.54, 1.807) is 0 Å². The Morgan fingerprint density at radius 3 is 2.47 bits per heavy atom. The van der Waals surface area contributed by atoms with E-state index in [4.69, 9.17) is 5.73 Å². The SMILES string of the molecule is CCC(N)Cc1cnc(N(CC2CC2)C2CC2)nc1. The van der Waals surface area contributed by atoms with Gasteiger partial charge in [0.2, 0.25) is 5.95 Å². The molecule has 0 saturated heterocycles. The highest BCUT2D eigenvalue weighted by Crippen LogP contribution is 2.36. The first-order valence-electron chi connectivity index (χ1n) is 7.59. The maximum absolute atomic E-state index is 5.97. The summed E-state index contributed by atoms with van der Waals surface area (Å²) >= 11 is 0. The van der Waals surface area contributed by atoms with E-state index in [2.05, 4.69) is 21.8 Å². The molecular weight excluding hydrogens is 236 g/mol. The van der Waals surface area contributed by atoms with Crippen molar-refractivity contribution in [2.24, 2.45) is 11.7 Å². The summed E-state index contributed by atoms with van der Waals surface area (Å²) in [6, 6.07) is 0.921. The van der Waals surface area contributed by atoms with Gasteiger partial charge in [0.05, 0.1) is 0 Å². The summed E-state index contributed by atoms with van der Waals surface area (Å²) in [7, 11) is 0.